The van der Waals surface area contributed by atoms with Crippen LogP contribution in [-0.2, 0) is 4.79 Å². The van der Waals surface area contributed by atoms with Crippen molar-refractivity contribution in [3.05, 3.63) is 43.1 Å². The molecule has 1 aliphatic heterocycles. The van der Waals surface area contributed by atoms with Gasteiger partial charge >= 0.3 is 0 Å². The summed E-state index contributed by atoms with van der Waals surface area (Å²) in [6.07, 6.45) is 13.0. The minimum Gasteiger partial charge on any atom is -0.368 e. The highest BCUT2D eigenvalue weighted by atomic mass is 16.1. The molecule has 1 fully saturated rings. The van der Waals surface area contributed by atoms with Gasteiger partial charge < -0.3 is 15.2 Å². The third-order valence-electron chi connectivity index (χ3n) is 6.66. The minimum absolute atomic E-state index is 0.0251. The summed E-state index contributed by atoms with van der Waals surface area (Å²) in [5.41, 5.74) is 6.59. The molecule has 6 rings (SSSR count). The second kappa shape index (κ2) is 9.61. The quantitative estimate of drug-likeness (QED) is 0.304. The van der Waals surface area contributed by atoms with Crippen LogP contribution in [-0.4, -0.2) is 54.1 Å². The molecule has 0 bridgehead atoms. The number of amides is 1. The van der Waals surface area contributed by atoms with Gasteiger partial charge in [0.1, 0.15) is 11.2 Å². The molecule has 5 aromatic heterocycles. The molecule has 6 heterocycles. The zero-order valence-electron chi connectivity index (χ0n) is 21.0. The minimum atomic E-state index is -0.0251. The fourth-order valence-electron chi connectivity index (χ4n) is 4.89. The van der Waals surface area contributed by atoms with Gasteiger partial charge in [-0.1, -0.05) is 13.8 Å². The van der Waals surface area contributed by atoms with Crippen LogP contribution in [0.25, 0.3) is 44.7 Å². The number of pyridine rings is 3. The normalized spacial score (nSPS) is 14.1. The van der Waals surface area contributed by atoms with E-state index in [4.69, 9.17) is 4.98 Å². The lowest BCUT2D eigenvalue weighted by Gasteiger charge is -2.28. The van der Waals surface area contributed by atoms with E-state index < -0.39 is 0 Å². The van der Waals surface area contributed by atoms with E-state index in [1.807, 2.05) is 38.4 Å². The average molecular weight is 496 g/mol. The van der Waals surface area contributed by atoms with Crippen molar-refractivity contribution in [2.45, 2.75) is 39.5 Å². The molecule has 3 N–H and O–H groups in total. The lowest BCUT2D eigenvalue weighted by atomic mass is 10.1. The molecule has 0 atom stereocenters. The van der Waals surface area contributed by atoms with Gasteiger partial charge in [-0.25, -0.2) is 9.97 Å². The Morgan fingerprint density at radius 1 is 1.03 bits per heavy atom. The van der Waals surface area contributed by atoms with Crippen LogP contribution in [0.5, 0.6) is 0 Å². The Morgan fingerprint density at radius 3 is 2.68 bits per heavy atom. The number of hydrogen-bond acceptors (Lipinski definition) is 7. The average Bonchev–Trinajstić information content (AvgIpc) is 3.52. The van der Waals surface area contributed by atoms with Crippen LogP contribution in [0.15, 0.2) is 43.1 Å². The summed E-state index contributed by atoms with van der Waals surface area (Å²) in [5.74, 6) is 0.925. The number of piperidine rings is 1. The third kappa shape index (κ3) is 4.62. The number of fused-ring (bicyclic) bond motifs is 2. The summed E-state index contributed by atoms with van der Waals surface area (Å²) < 4.78 is 0. The van der Waals surface area contributed by atoms with Gasteiger partial charge in [0.25, 0.3) is 0 Å². The Hall–Kier alpha value is -4.34. The summed E-state index contributed by atoms with van der Waals surface area (Å²) in [5, 5.41) is 11.3. The smallest absolute Gasteiger partial charge is 0.224 e. The van der Waals surface area contributed by atoms with Gasteiger partial charge in [-0.15, -0.1) is 0 Å². The number of nitrogens with one attached hydrogen (secondary N) is 3. The van der Waals surface area contributed by atoms with E-state index >= 15 is 0 Å². The van der Waals surface area contributed by atoms with Gasteiger partial charge in [0.15, 0.2) is 11.5 Å². The first kappa shape index (κ1) is 23.1. The van der Waals surface area contributed by atoms with Crippen molar-refractivity contribution in [3.63, 3.8) is 0 Å². The number of hydrogen-bond donors (Lipinski definition) is 3. The molecule has 0 radical (unpaired) electrons. The first-order valence-electron chi connectivity index (χ1n) is 12.7. The van der Waals surface area contributed by atoms with Crippen LogP contribution in [0.2, 0.25) is 0 Å². The SMILES string of the molecule is CC(C)CC(=O)Nc1cncc(-c2cnc3[nH]nc(-c4nc5c(N6CCCCC6)cncc5[nH]4)c3c2)c1. The summed E-state index contributed by atoms with van der Waals surface area (Å²) in [6, 6.07) is 3.93. The maximum atomic E-state index is 12.2. The predicted octanol–water partition coefficient (Wildman–Crippen LogP) is 4.93. The van der Waals surface area contributed by atoms with Crippen molar-refractivity contribution in [1.82, 2.24) is 35.1 Å². The molecular weight excluding hydrogens is 466 g/mol. The monoisotopic (exact) mass is 495 g/mol. The van der Waals surface area contributed by atoms with Crippen molar-refractivity contribution >= 4 is 39.3 Å². The number of carbonyl (C=O) groups excluding carboxylic acids is 1. The van der Waals surface area contributed by atoms with Crippen LogP contribution in [0.1, 0.15) is 39.5 Å². The van der Waals surface area contributed by atoms with Gasteiger partial charge in [-0.3, -0.25) is 19.9 Å². The van der Waals surface area contributed by atoms with Crippen molar-refractivity contribution in [2.75, 3.05) is 23.3 Å². The maximum absolute atomic E-state index is 12.2. The number of nitrogens with zero attached hydrogens (tertiary/aromatic N) is 6. The number of aromatic amines is 2. The lowest BCUT2D eigenvalue weighted by Crippen LogP contribution is -2.29. The molecule has 0 saturated carbocycles. The second-order valence-electron chi connectivity index (χ2n) is 9.99. The Kier molecular flexibility index (Phi) is 5.99. The van der Waals surface area contributed by atoms with Crippen LogP contribution in [0.4, 0.5) is 11.4 Å². The van der Waals surface area contributed by atoms with Gasteiger partial charge in [0, 0.05) is 43.0 Å². The summed E-state index contributed by atoms with van der Waals surface area (Å²) in [6.45, 7) is 6.08. The number of anilines is 2. The molecule has 5 aromatic rings. The lowest BCUT2D eigenvalue weighted by molar-refractivity contribution is -0.116. The number of imidazole rings is 1. The Balaban J connectivity index is 1.35. The summed E-state index contributed by atoms with van der Waals surface area (Å²) in [4.78, 5) is 36.3. The Morgan fingerprint density at radius 2 is 1.84 bits per heavy atom. The van der Waals surface area contributed by atoms with E-state index in [1.165, 1.54) is 19.3 Å². The van der Waals surface area contributed by atoms with Gasteiger partial charge in [-0.2, -0.15) is 5.10 Å². The second-order valence-corrected chi connectivity index (χ2v) is 9.99. The number of aromatic nitrogens is 7. The van der Waals surface area contributed by atoms with Crippen LogP contribution in [0.3, 0.4) is 0 Å². The zero-order chi connectivity index (χ0) is 25.4. The number of carbonyl (C=O) groups is 1. The van der Waals surface area contributed by atoms with E-state index in [0.29, 0.717) is 29.3 Å². The molecule has 1 saturated heterocycles. The number of H-pyrrole nitrogens is 2. The van der Waals surface area contributed by atoms with E-state index in [0.717, 1.165) is 46.3 Å². The molecule has 0 aliphatic carbocycles. The molecule has 10 heteroatoms. The molecule has 1 aliphatic rings. The van der Waals surface area contributed by atoms with E-state index in [-0.39, 0.29) is 11.8 Å². The molecule has 0 spiro atoms. The van der Waals surface area contributed by atoms with Crippen molar-refractivity contribution in [3.8, 4) is 22.6 Å². The third-order valence-corrected chi connectivity index (χ3v) is 6.66. The molecule has 10 nitrogen and oxygen atoms in total. The van der Waals surface area contributed by atoms with Gasteiger partial charge in [0.05, 0.1) is 40.9 Å². The van der Waals surface area contributed by atoms with E-state index in [1.54, 1.807) is 18.6 Å². The standard InChI is InChI=1S/C27H29N9O/c1-16(2)8-23(37)31-19-9-17(11-28-13-19)18-10-20-24(34-35-26(20)30-12-18)27-32-21-14-29-15-22(25(21)33-27)36-6-4-3-5-7-36/h9-16H,3-8H2,1-2H3,(H,31,37)(H,32,33)(H,30,34,35). The maximum Gasteiger partial charge on any atom is 0.224 e. The van der Waals surface area contributed by atoms with Crippen molar-refractivity contribution < 1.29 is 4.79 Å². The largest absolute Gasteiger partial charge is 0.368 e. The molecule has 37 heavy (non-hydrogen) atoms. The first-order chi connectivity index (χ1) is 18.0. The fourth-order valence-corrected chi connectivity index (χ4v) is 4.89. The molecule has 0 unspecified atom stereocenters. The predicted molar refractivity (Wildman–Crippen MR) is 144 cm³/mol. The van der Waals surface area contributed by atoms with E-state index in [9.17, 15) is 4.79 Å². The highest BCUT2D eigenvalue weighted by Gasteiger charge is 2.19. The van der Waals surface area contributed by atoms with Crippen LogP contribution < -0.4 is 10.2 Å². The summed E-state index contributed by atoms with van der Waals surface area (Å²) >= 11 is 0. The Labute approximate surface area is 214 Å². The molecule has 0 aromatic carbocycles. The van der Waals surface area contributed by atoms with Crippen LogP contribution >= 0.6 is 0 Å². The zero-order valence-corrected chi connectivity index (χ0v) is 21.0. The Bertz CT molecular complexity index is 1580. The van der Waals surface area contributed by atoms with E-state index in [2.05, 4.69) is 40.3 Å². The molecule has 1 amide bonds. The molecular formula is C27H29N9O. The van der Waals surface area contributed by atoms with Crippen molar-refractivity contribution in [2.24, 2.45) is 5.92 Å². The van der Waals surface area contributed by atoms with Crippen LogP contribution in [0, 0.1) is 5.92 Å². The van der Waals surface area contributed by atoms with Gasteiger partial charge in [0.2, 0.25) is 5.91 Å². The first-order valence-corrected chi connectivity index (χ1v) is 12.7. The topological polar surface area (TPSA) is 128 Å². The highest BCUT2D eigenvalue weighted by Crippen LogP contribution is 2.32. The molecule has 188 valence electrons. The summed E-state index contributed by atoms with van der Waals surface area (Å²) in [7, 11) is 0. The fraction of sp³-hybridized carbons (Fsp3) is 0.333. The van der Waals surface area contributed by atoms with Crippen molar-refractivity contribution in [1.29, 1.82) is 0 Å². The highest BCUT2D eigenvalue weighted by molar-refractivity contribution is 5.96. The van der Waals surface area contributed by atoms with Gasteiger partial charge in [-0.05, 0) is 37.3 Å². The number of rotatable bonds is 6.